The quantitative estimate of drug-likeness (QED) is 0.584. The number of allylic oxidation sites excluding steroid dienone is 6. The van der Waals surface area contributed by atoms with Gasteiger partial charge >= 0.3 is 0 Å². The van der Waals surface area contributed by atoms with Gasteiger partial charge in [0.2, 0.25) is 0 Å². The largest absolute Gasteiger partial charge is 0.0801 e. The molecule has 0 nitrogen and oxygen atoms in total. The molecular formula is C15H16. The monoisotopic (exact) mass is 196 g/mol. The van der Waals surface area contributed by atoms with E-state index in [0.29, 0.717) is 0 Å². The Morgan fingerprint density at radius 2 is 1.80 bits per heavy atom. The van der Waals surface area contributed by atoms with Crippen LogP contribution in [0, 0.1) is 0 Å². The van der Waals surface area contributed by atoms with Crippen LogP contribution >= 0.6 is 0 Å². The van der Waals surface area contributed by atoms with Gasteiger partial charge in [-0.05, 0) is 42.5 Å². The molecule has 1 aromatic carbocycles. The van der Waals surface area contributed by atoms with Gasteiger partial charge in [0.15, 0.2) is 0 Å². The number of benzene rings is 1. The highest BCUT2D eigenvalue weighted by Gasteiger charge is 2.04. The first-order chi connectivity index (χ1) is 7.29. The van der Waals surface area contributed by atoms with Crippen LogP contribution in [0.15, 0.2) is 54.1 Å². The van der Waals surface area contributed by atoms with E-state index in [2.05, 4.69) is 62.4 Å². The molecule has 0 aliphatic heterocycles. The fourth-order valence-electron chi connectivity index (χ4n) is 1.88. The minimum Gasteiger partial charge on any atom is -0.0801 e. The molecule has 0 heteroatoms. The van der Waals surface area contributed by atoms with Gasteiger partial charge in [-0.1, -0.05) is 48.6 Å². The lowest BCUT2D eigenvalue weighted by Gasteiger charge is -2.09. The third-order valence-corrected chi connectivity index (χ3v) is 2.94. The predicted molar refractivity (Wildman–Crippen MR) is 66.7 cm³/mol. The summed E-state index contributed by atoms with van der Waals surface area (Å²) in [4.78, 5) is 0. The lowest BCUT2D eigenvalue weighted by Crippen LogP contribution is -1.91. The van der Waals surface area contributed by atoms with E-state index in [1.54, 1.807) is 0 Å². The maximum atomic E-state index is 2.21. The molecule has 0 aromatic heterocycles. The van der Waals surface area contributed by atoms with Gasteiger partial charge in [0.25, 0.3) is 0 Å². The Bertz CT molecular complexity index is 445. The topological polar surface area (TPSA) is 0 Å². The van der Waals surface area contributed by atoms with Crippen molar-refractivity contribution in [1.82, 2.24) is 0 Å². The van der Waals surface area contributed by atoms with Crippen molar-refractivity contribution in [2.45, 2.75) is 20.3 Å². The van der Waals surface area contributed by atoms with Crippen molar-refractivity contribution in [2.24, 2.45) is 0 Å². The molecule has 0 unspecified atom stereocenters. The lowest BCUT2D eigenvalue weighted by atomic mass is 9.96. The lowest BCUT2D eigenvalue weighted by molar-refractivity contribution is 1.24. The van der Waals surface area contributed by atoms with E-state index in [-0.39, 0.29) is 0 Å². The zero-order valence-corrected chi connectivity index (χ0v) is 9.33. The van der Waals surface area contributed by atoms with E-state index in [9.17, 15) is 0 Å². The molecule has 0 saturated carbocycles. The molecule has 0 saturated heterocycles. The van der Waals surface area contributed by atoms with Crippen LogP contribution in [0.3, 0.4) is 0 Å². The second kappa shape index (κ2) is 4.31. The summed E-state index contributed by atoms with van der Waals surface area (Å²) in [5.74, 6) is 0. The minimum atomic E-state index is 1.02. The Morgan fingerprint density at radius 3 is 2.67 bits per heavy atom. The van der Waals surface area contributed by atoms with Gasteiger partial charge in [-0.2, -0.15) is 0 Å². The van der Waals surface area contributed by atoms with E-state index < -0.39 is 0 Å². The van der Waals surface area contributed by atoms with Crippen molar-refractivity contribution >= 4 is 5.57 Å². The number of rotatable bonds is 0. The molecule has 0 N–H and O–H groups in total. The molecule has 76 valence electrons. The molecule has 15 heavy (non-hydrogen) atoms. The third kappa shape index (κ3) is 2.10. The zero-order valence-electron chi connectivity index (χ0n) is 9.33. The first-order valence-corrected chi connectivity index (χ1v) is 5.38. The van der Waals surface area contributed by atoms with Gasteiger partial charge in [-0.15, -0.1) is 0 Å². The van der Waals surface area contributed by atoms with E-state index in [1.807, 2.05) is 0 Å². The van der Waals surface area contributed by atoms with Gasteiger partial charge in [0.05, 0.1) is 0 Å². The van der Waals surface area contributed by atoms with Crippen molar-refractivity contribution in [3.05, 3.63) is 65.3 Å². The zero-order chi connectivity index (χ0) is 10.7. The van der Waals surface area contributed by atoms with Gasteiger partial charge in [0, 0.05) is 0 Å². The summed E-state index contributed by atoms with van der Waals surface area (Å²) in [7, 11) is 0. The molecule has 0 atom stereocenters. The molecule has 0 radical (unpaired) electrons. The van der Waals surface area contributed by atoms with Gasteiger partial charge in [0.1, 0.15) is 0 Å². The summed E-state index contributed by atoms with van der Waals surface area (Å²) >= 11 is 0. The summed E-state index contributed by atoms with van der Waals surface area (Å²) in [6.07, 6.45) is 9.64. The van der Waals surface area contributed by atoms with E-state index in [4.69, 9.17) is 0 Å². The van der Waals surface area contributed by atoms with Gasteiger partial charge in [-0.3, -0.25) is 0 Å². The van der Waals surface area contributed by atoms with Crippen LogP contribution in [0.5, 0.6) is 0 Å². The van der Waals surface area contributed by atoms with Crippen LogP contribution in [0.4, 0.5) is 0 Å². The fourth-order valence-corrected chi connectivity index (χ4v) is 1.88. The minimum absolute atomic E-state index is 1.02. The summed E-state index contributed by atoms with van der Waals surface area (Å²) in [6, 6.07) is 8.64. The van der Waals surface area contributed by atoms with E-state index >= 15 is 0 Å². The fraction of sp³-hybridized carbons (Fsp3) is 0.200. The smallest absolute Gasteiger partial charge is 0.00883 e. The molecule has 0 fully saturated rings. The van der Waals surface area contributed by atoms with Crippen LogP contribution < -0.4 is 0 Å². The SMILES string of the molecule is CC1=C(/C)c2ccccc2C/C=C/C=C\1. The Labute approximate surface area is 91.6 Å². The van der Waals surface area contributed by atoms with Crippen LogP contribution in [-0.2, 0) is 6.42 Å². The summed E-state index contributed by atoms with van der Waals surface area (Å²) in [5.41, 5.74) is 5.51. The highest BCUT2D eigenvalue weighted by Crippen LogP contribution is 2.24. The Hall–Kier alpha value is -1.56. The summed E-state index contributed by atoms with van der Waals surface area (Å²) in [6.45, 7) is 4.37. The first kappa shape index (κ1) is 9.97. The molecule has 0 amide bonds. The highest BCUT2D eigenvalue weighted by molar-refractivity contribution is 5.71. The van der Waals surface area contributed by atoms with Crippen molar-refractivity contribution in [1.29, 1.82) is 0 Å². The molecule has 1 aliphatic rings. The molecule has 2 rings (SSSR count). The molecule has 0 spiro atoms. The summed E-state index contributed by atoms with van der Waals surface area (Å²) < 4.78 is 0. The molecular weight excluding hydrogens is 180 g/mol. The average Bonchev–Trinajstić information content (AvgIpc) is 2.33. The van der Waals surface area contributed by atoms with Crippen molar-refractivity contribution in [3.63, 3.8) is 0 Å². The van der Waals surface area contributed by atoms with Crippen LogP contribution in [-0.4, -0.2) is 0 Å². The highest BCUT2D eigenvalue weighted by atomic mass is 14.1. The number of hydrogen-bond donors (Lipinski definition) is 0. The van der Waals surface area contributed by atoms with Crippen LogP contribution in [0.1, 0.15) is 25.0 Å². The maximum Gasteiger partial charge on any atom is -0.00883 e. The van der Waals surface area contributed by atoms with E-state index in [1.165, 1.54) is 22.3 Å². The molecule has 1 aromatic rings. The van der Waals surface area contributed by atoms with Crippen LogP contribution in [0.25, 0.3) is 5.57 Å². The van der Waals surface area contributed by atoms with E-state index in [0.717, 1.165) is 6.42 Å². The number of hydrogen-bond acceptors (Lipinski definition) is 0. The van der Waals surface area contributed by atoms with Crippen molar-refractivity contribution in [3.8, 4) is 0 Å². The molecule has 0 bridgehead atoms. The second-order valence-corrected chi connectivity index (χ2v) is 3.96. The number of fused-ring (bicyclic) bond motifs is 1. The molecule has 0 heterocycles. The third-order valence-electron chi connectivity index (χ3n) is 2.94. The standard InChI is InChI=1S/C15H16/c1-12-8-4-3-5-9-14-10-6-7-11-15(14)13(12)2/h3-8,10-11H,9H2,1-2H3/b5-3+,8-4-,13-12+. The maximum absolute atomic E-state index is 2.21. The first-order valence-electron chi connectivity index (χ1n) is 5.38. The second-order valence-electron chi connectivity index (χ2n) is 3.96. The van der Waals surface area contributed by atoms with Crippen LogP contribution in [0.2, 0.25) is 0 Å². The Morgan fingerprint density at radius 1 is 1.00 bits per heavy atom. The Kier molecular flexibility index (Phi) is 2.86. The van der Waals surface area contributed by atoms with Gasteiger partial charge in [-0.25, -0.2) is 0 Å². The van der Waals surface area contributed by atoms with Crippen molar-refractivity contribution < 1.29 is 0 Å². The summed E-state index contributed by atoms with van der Waals surface area (Å²) in [5, 5.41) is 0. The average molecular weight is 196 g/mol. The van der Waals surface area contributed by atoms with Gasteiger partial charge < -0.3 is 0 Å². The molecule has 1 aliphatic carbocycles. The predicted octanol–water partition coefficient (Wildman–Crippen LogP) is 4.15. The normalized spacial score (nSPS) is 24.7. The van der Waals surface area contributed by atoms with Crippen molar-refractivity contribution in [2.75, 3.05) is 0 Å². The Balaban J connectivity index is 2.61.